The highest BCUT2D eigenvalue weighted by molar-refractivity contribution is 5.85. The summed E-state index contributed by atoms with van der Waals surface area (Å²) in [6.45, 7) is 4.07. The van der Waals surface area contributed by atoms with Gasteiger partial charge in [0.05, 0.1) is 5.52 Å². The normalized spacial score (nSPS) is 12.1. The second-order valence-electron chi connectivity index (χ2n) is 12.4. The van der Waals surface area contributed by atoms with E-state index in [1.807, 2.05) is 61.5 Å². The number of para-hydroxylation sites is 1. The number of hydrogen-bond acceptors (Lipinski definition) is 5. The zero-order chi connectivity index (χ0) is 33.9. The molecule has 6 nitrogen and oxygen atoms in total. The Bertz CT molecular complexity index is 2280. The third kappa shape index (κ3) is 5.61. The first-order valence-corrected chi connectivity index (χ1v) is 16.8. The summed E-state index contributed by atoms with van der Waals surface area (Å²) in [7, 11) is 0. The van der Waals surface area contributed by atoms with E-state index in [1.54, 1.807) is 4.80 Å². The zero-order valence-electron chi connectivity index (χ0n) is 27.9. The van der Waals surface area contributed by atoms with E-state index in [0.717, 1.165) is 61.3 Å². The van der Waals surface area contributed by atoms with Crippen LogP contribution in [0, 0.1) is 6.92 Å². The minimum Gasteiger partial charge on any atom is -0.485 e. The van der Waals surface area contributed by atoms with E-state index < -0.39 is 5.54 Å². The molecule has 0 saturated carbocycles. The number of nitrogens with zero attached hydrogens (tertiary/aromatic N) is 5. The SMILES string of the molecule is Cc1cc(OC(C)c2ccc(-c3ccccc3-c3nnn(C(c4ccccc4)(c4ccccc4)c4ccccc4)n3)cc2)c2ccccc2n1. The number of rotatable bonds is 9. The van der Waals surface area contributed by atoms with Crippen LogP contribution < -0.4 is 4.74 Å². The first-order valence-electron chi connectivity index (χ1n) is 16.8. The summed E-state index contributed by atoms with van der Waals surface area (Å²) in [6, 6.07) is 58.0. The van der Waals surface area contributed by atoms with E-state index in [1.165, 1.54) is 0 Å². The molecule has 0 aliphatic heterocycles. The largest absolute Gasteiger partial charge is 0.485 e. The molecule has 6 heteroatoms. The molecule has 0 aliphatic carbocycles. The zero-order valence-corrected chi connectivity index (χ0v) is 27.9. The summed E-state index contributed by atoms with van der Waals surface area (Å²) in [4.78, 5) is 6.43. The van der Waals surface area contributed by atoms with Gasteiger partial charge in [0.1, 0.15) is 11.9 Å². The van der Waals surface area contributed by atoms with Crippen LogP contribution >= 0.6 is 0 Å². The van der Waals surface area contributed by atoms with Gasteiger partial charge in [-0.25, -0.2) is 0 Å². The van der Waals surface area contributed by atoms with Gasteiger partial charge in [-0.15, -0.1) is 15.0 Å². The number of aryl methyl sites for hydroxylation is 1. The Balaban J connectivity index is 1.16. The van der Waals surface area contributed by atoms with Crippen LogP contribution in [0.25, 0.3) is 33.4 Å². The Morgan fingerprint density at radius 2 is 1.14 bits per heavy atom. The number of aromatic nitrogens is 5. The van der Waals surface area contributed by atoms with E-state index in [9.17, 15) is 0 Å². The van der Waals surface area contributed by atoms with Crippen LogP contribution in [0.3, 0.4) is 0 Å². The predicted molar refractivity (Wildman–Crippen MR) is 199 cm³/mol. The Kier molecular flexibility index (Phi) is 8.19. The van der Waals surface area contributed by atoms with Crippen molar-refractivity contribution in [2.45, 2.75) is 25.5 Å². The predicted octanol–water partition coefficient (Wildman–Crippen LogP) is 9.84. The number of benzene rings is 6. The minimum atomic E-state index is -0.847. The standard InChI is InChI=1S/C44H35N5O/c1-31-30-42(40-24-14-15-25-41(40)45-31)50-32(2)33-26-28-34(29-27-33)38-22-12-13-23-39(38)43-46-48-49(47-43)44(35-16-6-3-7-17-35,36-18-8-4-9-19-36)37-20-10-5-11-21-37/h3-30,32H,1-2H3. The summed E-state index contributed by atoms with van der Waals surface area (Å²) in [5, 5.41) is 15.7. The Morgan fingerprint density at radius 3 is 1.76 bits per heavy atom. The quantitative estimate of drug-likeness (QED) is 0.146. The molecule has 0 radical (unpaired) electrons. The highest BCUT2D eigenvalue weighted by atomic mass is 16.5. The van der Waals surface area contributed by atoms with Gasteiger partial charge in [-0.1, -0.05) is 152 Å². The molecular weight excluding hydrogens is 615 g/mol. The van der Waals surface area contributed by atoms with Gasteiger partial charge in [0, 0.05) is 22.7 Å². The number of ether oxygens (including phenoxy) is 1. The second-order valence-corrected chi connectivity index (χ2v) is 12.4. The van der Waals surface area contributed by atoms with Crippen LogP contribution in [-0.2, 0) is 5.54 Å². The van der Waals surface area contributed by atoms with E-state index in [2.05, 4.69) is 127 Å². The molecule has 0 saturated heterocycles. The van der Waals surface area contributed by atoms with Gasteiger partial charge in [-0.2, -0.15) is 0 Å². The lowest BCUT2D eigenvalue weighted by Crippen LogP contribution is -2.39. The summed E-state index contributed by atoms with van der Waals surface area (Å²) < 4.78 is 6.51. The van der Waals surface area contributed by atoms with Crippen molar-refractivity contribution in [1.82, 2.24) is 25.2 Å². The van der Waals surface area contributed by atoms with Crippen LogP contribution in [0.1, 0.15) is 41.0 Å². The van der Waals surface area contributed by atoms with E-state index in [4.69, 9.17) is 20.1 Å². The van der Waals surface area contributed by atoms with Crippen molar-refractivity contribution in [2.75, 3.05) is 0 Å². The first-order chi connectivity index (χ1) is 24.6. The van der Waals surface area contributed by atoms with Gasteiger partial charge in [-0.05, 0) is 64.6 Å². The lowest BCUT2D eigenvalue weighted by molar-refractivity contribution is 0.229. The maximum atomic E-state index is 6.51. The summed E-state index contributed by atoms with van der Waals surface area (Å²) in [5.41, 5.74) is 8.18. The van der Waals surface area contributed by atoms with Crippen molar-refractivity contribution in [2.24, 2.45) is 0 Å². The minimum absolute atomic E-state index is 0.159. The second kappa shape index (κ2) is 13.2. The molecule has 0 spiro atoms. The first kappa shape index (κ1) is 30.9. The van der Waals surface area contributed by atoms with Crippen molar-refractivity contribution in [3.63, 3.8) is 0 Å². The lowest BCUT2D eigenvalue weighted by Gasteiger charge is -2.34. The molecule has 50 heavy (non-hydrogen) atoms. The molecular formula is C44H35N5O. The van der Waals surface area contributed by atoms with Crippen molar-refractivity contribution in [3.05, 3.63) is 198 Å². The number of fused-ring (bicyclic) bond motifs is 1. The number of pyridine rings is 1. The Hall–Kier alpha value is -6.40. The van der Waals surface area contributed by atoms with Crippen LogP contribution in [0.4, 0.5) is 0 Å². The van der Waals surface area contributed by atoms with E-state index >= 15 is 0 Å². The van der Waals surface area contributed by atoms with Crippen LogP contribution in [0.5, 0.6) is 5.75 Å². The molecule has 242 valence electrons. The fraction of sp³-hybridized carbons (Fsp3) is 0.0909. The van der Waals surface area contributed by atoms with Crippen LogP contribution in [-0.4, -0.2) is 25.2 Å². The van der Waals surface area contributed by atoms with Gasteiger partial charge in [0.15, 0.2) is 5.54 Å². The van der Waals surface area contributed by atoms with Crippen LogP contribution in [0.2, 0.25) is 0 Å². The topological polar surface area (TPSA) is 65.7 Å². The van der Waals surface area contributed by atoms with Gasteiger partial charge in [0.25, 0.3) is 0 Å². The molecule has 1 atom stereocenters. The molecule has 2 heterocycles. The fourth-order valence-electron chi connectivity index (χ4n) is 6.84. The Labute approximate surface area is 291 Å². The van der Waals surface area contributed by atoms with E-state index in [0.29, 0.717) is 5.82 Å². The molecule has 0 N–H and O–H groups in total. The highest BCUT2D eigenvalue weighted by Crippen LogP contribution is 2.40. The third-order valence-corrected chi connectivity index (χ3v) is 9.26. The molecule has 0 amide bonds. The molecule has 2 aromatic heterocycles. The van der Waals surface area contributed by atoms with E-state index in [-0.39, 0.29) is 6.10 Å². The molecule has 6 aromatic carbocycles. The van der Waals surface area contributed by atoms with Gasteiger partial charge in [0.2, 0.25) is 5.82 Å². The smallest absolute Gasteiger partial charge is 0.205 e. The summed E-state index contributed by atoms with van der Waals surface area (Å²) >= 11 is 0. The monoisotopic (exact) mass is 649 g/mol. The average molecular weight is 650 g/mol. The molecule has 8 aromatic rings. The van der Waals surface area contributed by atoms with Crippen molar-refractivity contribution in [3.8, 4) is 28.3 Å². The van der Waals surface area contributed by atoms with Crippen molar-refractivity contribution < 1.29 is 4.74 Å². The molecule has 1 unspecified atom stereocenters. The van der Waals surface area contributed by atoms with Gasteiger partial charge < -0.3 is 4.74 Å². The average Bonchev–Trinajstić information content (AvgIpc) is 3.67. The molecule has 0 bridgehead atoms. The highest BCUT2D eigenvalue weighted by Gasteiger charge is 2.41. The molecule has 0 fully saturated rings. The van der Waals surface area contributed by atoms with Gasteiger partial charge >= 0.3 is 0 Å². The lowest BCUT2D eigenvalue weighted by atomic mass is 9.77. The number of tetrazole rings is 1. The fourth-order valence-corrected chi connectivity index (χ4v) is 6.84. The molecule has 8 rings (SSSR count). The van der Waals surface area contributed by atoms with Crippen LogP contribution in [0.15, 0.2) is 170 Å². The summed E-state index contributed by atoms with van der Waals surface area (Å²) in [5.74, 6) is 1.38. The van der Waals surface area contributed by atoms with Gasteiger partial charge in [-0.3, -0.25) is 4.98 Å². The number of hydrogen-bond donors (Lipinski definition) is 0. The third-order valence-electron chi connectivity index (χ3n) is 9.26. The maximum Gasteiger partial charge on any atom is 0.205 e. The van der Waals surface area contributed by atoms with Crippen molar-refractivity contribution >= 4 is 10.9 Å². The summed E-state index contributed by atoms with van der Waals surface area (Å²) in [6.07, 6.45) is -0.159. The molecule has 0 aliphatic rings. The Morgan fingerprint density at radius 1 is 0.600 bits per heavy atom. The maximum absolute atomic E-state index is 6.51. The van der Waals surface area contributed by atoms with Crippen molar-refractivity contribution in [1.29, 1.82) is 0 Å².